The van der Waals surface area contributed by atoms with Crippen molar-refractivity contribution in [2.75, 3.05) is 80.7 Å². The van der Waals surface area contributed by atoms with Gasteiger partial charge in [-0.2, -0.15) is 0 Å². The van der Waals surface area contributed by atoms with E-state index >= 15 is 0 Å². The number of hydrogen-bond donors (Lipinski definition) is 1. The van der Waals surface area contributed by atoms with Gasteiger partial charge in [0.15, 0.2) is 23.0 Å². The Bertz CT molecular complexity index is 1990. The van der Waals surface area contributed by atoms with Gasteiger partial charge < -0.3 is 28.8 Å². The van der Waals surface area contributed by atoms with Gasteiger partial charge in [-0.05, 0) is 124 Å². The van der Waals surface area contributed by atoms with Crippen LogP contribution in [0.2, 0.25) is 0 Å². The maximum Gasteiger partial charge on any atom is 0.204 e. The van der Waals surface area contributed by atoms with Gasteiger partial charge in [0.1, 0.15) is 24.2 Å². The zero-order chi connectivity index (χ0) is 38.9. The molecule has 5 aliphatic rings. The first-order chi connectivity index (χ1) is 27.2. The van der Waals surface area contributed by atoms with Crippen LogP contribution in [0.3, 0.4) is 0 Å². The number of fused-ring (bicyclic) bond motifs is 2. The van der Waals surface area contributed by atoms with Crippen LogP contribution in [0.15, 0.2) is 66.7 Å². The van der Waals surface area contributed by atoms with E-state index in [9.17, 15) is 5.11 Å². The van der Waals surface area contributed by atoms with Gasteiger partial charge in [0.05, 0.1) is 14.2 Å². The summed E-state index contributed by atoms with van der Waals surface area (Å²) in [6.07, 6.45) is 2.69. The third-order valence-electron chi connectivity index (χ3n) is 12.4. The first-order valence-corrected chi connectivity index (χ1v) is 20.3. The Kier molecular flexibility index (Phi) is 11.5. The molecule has 1 N–H and O–H groups in total. The van der Waals surface area contributed by atoms with Crippen LogP contribution < -0.4 is 23.7 Å². The van der Waals surface area contributed by atoms with Crippen LogP contribution in [0.1, 0.15) is 59.3 Å². The smallest absolute Gasteiger partial charge is 0.204 e. The van der Waals surface area contributed by atoms with Crippen molar-refractivity contribution in [2.45, 2.75) is 63.8 Å². The molecular weight excluding hydrogens is 705 g/mol. The molecule has 0 saturated carbocycles. The lowest BCUT2D eigenvalue weighted by Gasteiger charge is -2.38. The lowest BCUT2D eigenvalue weighted by Crippen LogP contribution is -2.51. The van der Waals surface area contributed by atoms with Crippen LogP contribution in [-0.2, 0) is 25.7 Å². The first-order valence-electron chi connectivity index (χ1n) is 20.3. The number of methoxy groups -OCH3 is 2. The molecule has 5 aliphatic heterocycles. The van der Waals surface area contributed by atoms with E-state index in [1.165, 1.54) is 22.3 Å². The number of aliphatic hydroxyl groups excluding tert-OH is 1. The summed E-state index contributed by atoms with van der Waals surface area (Å²) in [4.78, 5) is 9.67. The van der Waals surface area contributed by atoms with E-state index in [4.69, 9.17) is 23.7 Å². The number of rotatable bonds is 8. The van der Waals surface area contributed by atoms with E-state index in [1.54, 1.807) is 14.2 Å². The van der Waals surface area contributed by atoms with Crippen LogP contribution in [0.25, 0.3) is 0 Å². The van der Waals surface area contributed by atoms with Gasteiger partial charge in [0.2, 0.25) is 5.75 Å². The Morgan fingerprint density at radius 3 is 2.12 bits per heavy atom. The molecule has 0 amide bonds. The highest BCUT2D eigenvalue weighted by Crippen LogP contribution is 2.51. The number of ether oxygens (including phenoxy) is 5. The molecule has 10 heteroatoms. The number of benzene rings is 4. The van der Waals surface area contributed by atoms with E-state index < -0.39 is 6.10 Å². The molecule has 1 saturated heterocycles. The lowest BCUT2D eigenvalue weighted by atomic mass is 9.87. The second kappa shape index (κ2) is 16.6. The average Bonchev–Trinajstić information content (AvgIpc) is 3.20. The molecular formula is C46H58N4O6. The van der Waals surface area contributed by atoms with Gasteiger partial charge in [-0.15, -0.1) is 0 Å². The van der Waals surface area contributed by atoms with E-state index in [2.05, 4.69) is 108 Å². The molecule has 0 spiro atoms. The molecule has 0 aliphatic carbocycles. The monoisotopic (exact) mass is 762 g/mol. The highest BCUT2D eigenvalue weighted by atomic mass is 16.5. The van der Waals surface area contributed by atoms with Gasteiger partial charge in [-0.25, -0.2) is 0 Å². The molecule has 298 valence electrons. The number of hydrogen-bond acceptors (Lipinski definition) is 10. The number of likely N-dealkylation sites (N-methyl/N-ethyl adjacent to an activating group) is 2. The van der Waals surface area contributed by atoms with Crippen LogP contribution >= 0.6 is 0 Å². The number of piperazine rings is 1. The van der Waals surface area contributed by atoms with Gasteiger partial charge >= 0.3 is 0 Å². The highest BCUT2D eigenvalue weighted by molar-refractivity contribution is 5.63. The molecule has 9 rings (SSSR count). The second-order valence-corrected chi connectivity index (χ2v) is 16.3. The van der Waals surface area contributed by atoms with Crippen molar-refractivity contribution in [1.82, 2.24) is 19.6 Å². The van der Waals surface area contributed by atoms with Crippen LogP contribution in [0.5, 0.6) is 40.2 Å². The summed E-state index contributed by atoms with van der Waals surface area (Å²) in [5, 5.41) is 11.4. The van der Waals surface area contributed by atoms with Gasteiger partial charge in [-0.1, -0.05) is 24.3 Å². The fraction of sp³-hybridized carbons (Fsp3) is 0.478. The highest BCUT2D eigenvalue weighted by Gasteiger charge is 2.35. The topological polar surface area (TPSA) is 79.3 Å². The van der Waals surface area contributed by atoms with E-state index in [0.29, 0.717) is 47.8 Å². The zero-order valence-electron chi connectivity index (χ0n) is 33.9. The maximum absolute atomic E-state index is 11.4. The molecule has 1 unspecified atom stereocenters. The Hall–Kier alpha value is -4.32. The summed E-state index contributed by atoms with van der Waals surface area (Å²) >= 11 is 0. The van der Waals surface area contributed by atoms with Crippen molar-refractivity contribution in [3.05, 3.63) is 100 Å². The summed E-state index contributed by atoms with van der Waals surface area (Å²) in [6.45, 7) is 10.9. The first kappa shape index (κ1) is 38.5. The standard InChI is InChI=1S/C46H58N4O6/c1-30(2)50-21-19-49(20-22-50)28-35(51)29-54-45-43(53-6)26-34-16-18-48(4)40-24-32-9-14-41(52-5)42(25-32)55-36-11-7-31(8-12-36)23-39-38-27-37(56-46(45)44(34)40)13-10-33(38)15-17-47(39)3/h7-14,25-27,30,35,39-40,51H,15-24,28-29H2,1-6H3/t35?,39-,40-/m0/s1. The molecule has 4 aromatic rings. The van der Waals surface area contributed by atoms with Crippen molar-refractivity contribution >= 4 is 0 Å². The van der Waals surface area contributed by atoms with E-state index in [0.717, 1.165) is 81.2 Å². The quantitative estimate of drug-likeness (QED) is 0.205. The largest absolute Gasteiger partial charge is 0.493 e. The summed E-state index contributed by atoms with van der Waals surface area (Å²) in [7, 11) is 7.76. The molecule has 0 aromatic heterocycles. The van der Waals surface area contributed by atoms with Gasteiger partial charge in [-0.3, -0.25) is 19.6 Å². The molecule has 56 heavy (non-hydrogen) atoms. The molecule has 5 heterocycles. The van der Waals surface area contributed by atoms with Crippen molar-refractivity contribution < 1.29 is 28.8 Å². The van der Waals surface area contributed by atoms with Crippen molar-refractivity contribution in [1.29, 1.82) is 0 Å². The maximum atomic E-state index is 11.4. The Morgan fingerprint density at radius 1 is 0.714 bits per heavy atom. The third kappa shape index (κ3) is 8.08. The molecule has 0 radical (unpaired) electrons. The minimum atomic E-state index is -0.683. The van der Waals surface area contributed by atoms with Crippen molar-refractivity contribution in [2.24, 2.45) is 0 Å². The Balaban J connectivity index is 1.21. The van der Waals surface area contributed by atoms with Gasteiger partial charge in [0.25, 0.3) is 0 Å². The average molecular weight is 763 g/mol. The predicted octanol–water partition coefficient (Wildman–Crippen LogP) is 6.91. The molecule has 4 aromatic carbocycles. The summed E-state index contributed by atoms with van der Waals surface area (Å²) < 4.78 is 32.2. The zero-order valence-corrected chi connectivity index (χ0v) is 33.9. The molecule has 10 nitrogen and oxygen atoms in total. The fourth-order valence-corrected chi connectivity index (χ4v) is 9.01. The molecule has 3 atom stereocenters. The van der Waals surface area contributed by atoms with E-state index in [-0.39, 0.29) is 18.7 Å². The van der Waals surface area contributed by atoms with Crippen molar-refractivity contribution in [3.8, 4) is 40.2 Å². The number of aliphatic hydroxyl groups is 1. The van der Waals surface area contributed by atoms with Crippen LogP contribution in [0.4, 0.5) is 0 Å². The SMILES string of the molecule is COc1ccc2cc1Oc1ccc(cc1)C[C@H]1c3cc(ccc3CCN1C)Oc1c(OCC(O)CN3CCN(C(C)C)CC3)c(OC)cc3c1[C@H](C2)N(C)CC3. The predicted molar refractivity (Wildman–Crippen MR) is 219 cm³/mol. The minimum Gasteiger partial charge on any atom is -0.493 e. The number of nitrogens with zero attached hydrogens (tertiary/aromatic N) is 4. The summed E-state index contributed by atoms with van der Waals surface area (Å²) in [5.41, 5.74) is 7.22. The molecule has 1 fully saturated rings. The summed E-state index contributed by atoms with van der Waals surface area (Å²) in [5.74, 6) is 4.68. The lowest BCUT2D eigenvalue weighted by molar-refractivity contribution is 0.0389. The fourth-order valence-electron chi connectivity index (χ4n) is 9.01. The summed E-state index contributed by atoms with van der Waals surface area (Å²) in [6, 6.07) is 24.0. The van der Waals surface area contributed by atoms with Crippen LogP contribution in [-0.4, -0.2) is 118 Å². The second-order valence-electron chi connectivity index (χ2n) is 16.3. The normalized spacial score (nSPS) is 21.0. The van der Waals surface area contributed by atoms with Crippen LogP contribution in [0, 0.1) is 0 Å². The van der Waals surface area contributed by atoms with Crippen molar-refractivity contribution in [3.63, 3.8) is 0 Å². The third-order valence-corrected chi connectivity index (χ3v) is 12.4. The van der Waals surface area contributed by atoms with E-state index in [1.807, 2.05) is 6.07 Å². The van der Waals surface area contributed by atoms with Gasteiger partial charge in [0, 0.05) is 69.5 Å². The number of β-amino-alcohol motifs (C(OH)–C–C–N with tert-alkyl or cyclic N) is 1. The minimum absolute atomic E-state index is 0.0416. The Labute approximate surface area is 332 Å². The molecule has 6 bridgehead atoms. The Morgan fingerprint density at radius 2 is 1.39 bits per heavy atom.